The quantitative estimate of drug-likeness (QED) is 0.782. The van der Waals surface area contributed by atoms with Gasteiger partial charge in [0.2, 0.25) is 10.0 Å². The molecule has 2 aromatic heterocycles. The Labute approximate surface area is 121 Å². The maximum Gasteiger partial charge on any atom is 0.306 e. The van der Waals surface area contributed by atoms with Crippen molar-refractivity contribution in [2.45, 2.75) is 30.2 Å². The highest BCUT2D eigenvalue weighted by atomic mass is 32.2. The van der Waals surface area contributed by atoms with Gasteiger partial charge in [-0.05, 0) is 31.4 Å². The van der Waals surface area contributed by atoms with Crippen LogP contribution in [0.1, 0.15) is 19.3 Å². The van der Waals surface area contributed by atoms with E-state index in [1.54, 1.807) is 18.3 Å². The Morgan fingerprint density at radius 3 is 2.95 bits per heavy atom. The lowest BCUT2D eigenvalue weighted by Gasteiger charge is -2.12. The van der Waals surface area contributed by atoms with Crippen LogP contribution in [0.4, 0.5) is 0 Å². The second-order valence-electron chi connectivity index (χ2n) is 5.22. The molecule has 2 unspecified atom stereocenters. The number of hydrogen-bond acceptors (Lipinski definition) is 4. The first kappa shape index (κ1) is 14.0. The van der Waals surface area contributed by atoms with Crippen molar-refractivity contribution in [1.29, 1.82) is 0 Å². The van der Waals surface area contributed by atoms with Crippen LogP contribution in [-0.4, -0.2) is 35.5 Å². The third-order valence-electron chi connectivity index (χ3n) is 3.81. The number of hydrogen-bond donors (Lipinski definition) is 3. The molecule has 2 heterocycles. The molecule has 0 aromatic carbocycles. The third-order valence-corrected chi connectivity index (χ3v) is 5.37. The lowest BCUT2D eigenvalue weighted by atomic mass is 10.1. The monoisotopic (exact) mass is 309 g/mol. The second-order valence-corrected chi connectivity index (χ2v) is 6.90. The molecule has 0 saturated heterocycles. The van der Waals surface area contributed by atoms with Gasteiger partial charge in [-0.1, -0.05) is 0 Å². The molecule has 8 heteroatoms. The fourth-order valence-corrected chi connectivity index (χ4v) is 4.20. The molecular formula is C13H15N3O4S. The SMILES string of the molecule is O=C(O)C1CCC(NS(=O)(=O)c2c[nH]c3ncccc23)C1. The lowest BCUT2D eigenvalue weighted by Crippen LogP contribution is -2.33. The molecule has 0 spiro atoms. The number of H-pyrrole nitrogens is 1. The van der Waals surface area contributed by atoms with Crippen molar-refractivity contribution in [3.63, 3.8) is 0 Å². The van der Waals surface area contributed by atoms with E-state index >= 15 is 0 Å². The van der Waals surface area contributed by atoms with E-state index in [-0.39, 0.29) is 10.9 Å². The first-order valence-electron chi connectivity index (χ1n) is 6.64. The van der Waals surface area contributed by atoms with Gasteiger partial charge in [-0.25, -0.2) is 18.1 Å². The van der Waals surface area contributed by atoms with Gasteiger partial charge in [-0.3, -0.25) is 4.79 Å². The van der Waals surface area contributed by atoms with Crippen LogP contribution < -0.4 is 4.72 Å². The molecule has 0 amide bonds. The average Bonchev–Trinajstić information content (AvgIpc) is 3.04. The van der Waals surface area contributed by atoms with Crippen molar-refractivity contribution in [3.05, 3.63) is 24.5 Å². The van der Waals surface area contributed by atoms with Gasteiger partial charge in [0.05, 0.1) is 5.92 Å². The molecule has 3 N–H and O–H groups in total. The summed E-state index contributed by atoms with van der Waals surface area (Å²) < 4.78 is 27.5. The first-order chi connectivity index (χ1) is 9.97. The van der Waals surface area contributed by atoms with Crippen LogP contribution in [0, 0.1) is 5.92 Å². The zero-order chi connectivity index (χ0) is 15.0. The second kappa shape index (κ2) is 5.12. The maximum absolute atomic E-state index is 12.4. The van der Waals surface area contributed by atoms with Crippen molar-refractivity contribution >= 4 is 27.0 Å². The molecule has 2 atom stereocenters. The Morgan fingerprint density at radius 2 is 2.24 bits per heavy atom. The summed E-state index contributed by atoms with van der Waals surface area (Å²) in [5, 5.41) is 9.49. The predicted octanol–water partition coefficient (Wildman–Crippen LogP) is 1.09. The Kier molecular flexibility index (Phi) is 3.42. The molecule has 21 heavy (non-hydrogen) atoms. The van der Waals surface area contributed by atoms with Crippen LogP contribution in [0.2, 0.25) is 0 Å². The Hall–Kier alpha value is -1.93. The zero-order valence-electron chi connectivity index (χ0n) is 11.1. The molecule has 0 aliphatic heterocycles. The highest BCUT2D eigenvalue weighted by molar-refractivity contribution is 7.89. The number of carbonyl (C=O) groups is 1. The summed E-state index contributed by atoms with van der Waals surface area (Å²) in [5.41, 5.74) is 0.507. The third kappa shape index (κ3) is 2.64. The van der Waals surface area contributed by atoms with E-state index in [0.717, 1.165) is 0 Å². The number of rotatable bonds is 4. The van der Waals surface area contributed by atoms with Crippen molar-refractivity contribution in [2.75, 3.05) is 0 Å². The van der Waals surface area contributed by atoms with E-state index in [9.17, 15) is 13.2 Å². The molecule has 7 nitrogen and oxygen atoms in total. The molecule has 0 radical (unpaired) electrons. The van der Waals surface area contributed by atoms with Crippen molar-refractivity contribution in [3.8, 4) is 0 Å². The Balaban J connectivity index is 1.83. The average molecular weight is 309 g/mol. The smallest absolute Gasteiger partial charge is 0.306 e. The van der Waals surface area contributed by atoms with E-state index in [1.807, 2.05) is 0 Å². The summed E-state index contributed by atoms with van der Waals surface area (Å²) in [4.78, 5) is 17.9. The Morgan fingerprint density at radius 1 is 1.43 bits per heavy atom. The van der Waals surface area contributed by atoms with Gasteiger partial charge >= 0.3 is 5.97 Å². The van der Waals surface area contributed by atoms with Crippen LogP contribution in [0.3, 0.4) is 0 Å². The number of carboxylic acid groups (broad SMARTS) is 1. The van der Waals surface area contributed by atoms with E-state index in [1.165, 1.54) is 6.20 Å². The molecule has 2 aromatic rings. The van der Waals surface area contributed by atoms with Crippen LogP contribution >= 0.6 is 0 Å². The summed E-state index contributed by atoms with van der Waals surface area (Å²) in [5.74, 6) is -1.34. The minimum atomic E-state index is -3.69. The van der Waals surface area contributed by atoms with Gasteiger partial charge < -0.3 is 10.1 Å². The van der Waals surface area contributed by atoms with Crippen LogP contribution in [0.5, 0.6) is 0 Å². The van der Waals surface area contributed by atoms with Gasteiger partial charge in [-0.15, -0.1) is 0 Å². The van der Waals surface area contributed by atoms with E-state index in [2.05, 4.69) is 14.7 Å². The minimum Gasteiger partial charge on any atom is -0.481 e. The van der Waals surface area contributed by atoms with E-state index in [4.69, 9.17) is 5.11 Å². The lowest BCUT2D eigenvalue weighted by molar-refractivity contribution is -0.141. The molecule has 0 bridgehead atoms. The van der Waals surface area contributed by atoms with Gasteiger partial charge in [0.1, 0.15) is 10.5 Å². The van der Waals surface area contributed by atoms with Gasteiger partial charge in [0.15, 0.2) is 0 Å². The number of nitrogens with one attached hydrogen (secondary N) is 2. The number of fused-ring (bicyclic) bond motifs is 1. The molecular weight excluding hydrogens is 294 g/mol. The number of aromatic nitrogens is 2. The van der Waals surface area contributed by atoms with Crippen LogP contribution in [0.15, 0.2) is 29.4 Å². The molecule has 1 fully saturated rings. The first-order valence-corrected chi connectivity index (χ1v) is 8.13. The standard InChI is InChI=1S/C13H15N3O4S/c17-13(18)8-3-4-9(6-8)16-21(19,20)11-7-15-12-10(11)2-1-5-14-12/h1-2,5,7-9,16H,3-4,6H2,(H,14,15)(H,17,18). The number of carboxylic acids is 1. The number of sulfonamides is 1. The fraction of sp³-hybridized carbons (Fsp3) is 0.385. The molecule has 1 aliphatic rings. The summed E-state index contributed by atoms with van der Waals surface area (Å²) in [7, 11) is -3.69. The molecule has 3 rings (SSSR count). The summed E-state index contributed by atoms with van der Waals surface area (Å²) in [6.07, 6.45) is 4.35. The van der Waals surface area contributed by atoms with Crippen LogP contribution in [-0.2, 0) is 14.8 Å². The van der Waals surface area contributed by atoms with E-state index < -0.39 is 21.9 Å². The van der Waals surface area contributed by atoms with Crippen molar-refractivity contribution in [1.82, 2.24) is 14.7 Å². The van der Waals surface area contributed by atoms with Crippen molar-refractivity contribution < 1.29 is 18.3 Å². The van der Waals surface area contributed by atoms with Crippen LogP contribution in [0.25, 0.3) is 11.0 Å². The largest absolute Gasteiger partial charge is 0.481 e. The fourth-order valence-electron chi connectivity index (χ4n) is 2.75. The Bertz CT molecular complexity index is 784. The summed E-state index contributed by atoms with van der Waals surface area (Å²) in [6, 6.07) is 3.02. The highest BCUT2D eigenvalue weighted by Crippen LogP contribution is 2.28. The van der Waals surface area contributed by atoms with Gasteiger partial charge in [-0.2, -0.15) is 0 Å². The number of pyridine rings is 1. The number of aliphatic carboxylic acids is 1. The summed E-state index contributed by atoms with van der Waals surface area (Å²) in [6.45, 7) is 0. The van der Waals surface area contributed by atoms with E-state index in [0.29, 0.717) is 30.3 Å². The molecule has 1 saturated carbocycles. The van der Waals surface area contributed by atoms with Gasteiger partial charge in [0.25, 0.3) is 0 Å². The maximum atomic E-state index is 12.4. The highest BCUT2D eigenvalue weighted by Gasteiger charge is 2.33. The molecule has 1 aliphatic carbocycles. The van der Waals surface area contributed by atoms with Gasteiger partial charge in [0, 0.05) is 23.8 Å². The normalized spacial score (nSPS) is 22.7. The summed E-state index contributed by atoms with van der Waals surface area (Å²) >= 11 is 0. The minimum absolute atomic E-state index is 0.143. The predicted molar refractivity (Wildman–Crippen MR) is 75.2 cm³/mol. The zero-order valence-corrected chi connectivity index (χ0v) is 11.9. The molecule has 112 valence electrons. The number of aromatic amines is 1. The van der Waals surface area contributed by atoms with Crippen molar-refractivity contribution in [2.24, 2.45) is 5.92 Å². The number of nitrogens with zero attached hydrogens (tertiary/aromatic N) is 1. The topological polar surface area (TPSA) is 112 Å².